The highest BCUT2D eigenvalue weighted by Gasteiger charge is 2.28. The molecule has 0 bridgehead atoms. The molecule has 2 rings (SSSR count). The molecule has 0 spiro atoms. The fraction of sp³-hybridized carbons (Fsp3) is 0.500. The van der Waals surface area contributed by atoms with E-state index in [1.165, 1.54) is 4.88 Å². The van der Waals surface area contributed by atoms with Gasteiger partial charge >= 0.3 is 0 Å². The average Bonchev–Trinajstić information content (AvgIpc) is 3.27. The molecule has 1 aromatic rings. The number of allylic oxidation sites excluding steroid dienone is 12. The third kappa shape index (κ3) is 12.9. The smallest absolute Gasteiger partial charge is 0.223 e. The maximum atomic E-state index is 13.0. The zero-order chi connectivity index (χ0) is 26.6. The third-order valence-electron chi connectivity index (χ3n) is 6.28. The Kier molecular flexibility index (Phi) is 16.1. The first-order valence-electron chi connectivity index (χ1n) is 14.1. The lowest BCUT2D eigenvalue weighted by Gasteiger charge is -2.34. The zero-order valence-corrected chi connectivity index (χ0v) is 23.8. The average molecular weight is 522 g/mol. The van der Waals surface area contributed by atoms with E-state index in [-0.39, 0.29) is 11.9 Å². The second kappa shape index (κ2) is 19.5. The molecule has 1 atom stereocenters. The van der Waals surface area contributed by atoms with Gasteiger partial charge in [0.05, 0.1) is 5.69 Å². The summed E-state index contributed by atoms with van der Waals surface area (Å²) in [7, 11) is 0. The molecule has 0 fully saturated rings. The summed E-state index contributed by atoms with van der Waals surface area (Å²) in [4.78, 5) is 20.8. The highest BCUT2D eigenvalue weighted by molar-refractivity contribution is 7.15. The van der Waals surface area contributed by atoms with Gasteiger partial charge in [0.1, 0.15) is 0 Å². The quantitative estimate of drug-likeness (QED) is 0.210. The van der Waals surface area contributed by atoms with E-state index in [4.69, 9.17) is 5.73 Å². The number of nitrogen functional groups attached to an aromatic ring is 1. The molecule has 4 nitrogen and oxygen atoms in total. The molecule has 1 aliphatic rings. The van der Waals surface area contributed by atoms with Gasteiger partial charge in [0.15, 0.2) is 5.13 Å². The van der Waals surface area contributed by atoms with Crippen LogP contribution >= 0.6 is 11.3 Å². The molecule has 1 heterocycles. The van der Waals surface area contributed by atoms with Gasteiger partial charge in [0, 0.05) is 30.3 Å². The molecule has 1 aliphatic carbocycles. The number of amides is 1. The Morgan fingerprint density at radius 1 is 0.892 bits per heavy atom. The molecule has 2 N–H and O–H groups in total. The van der Waals surface area contributed by atoms with Crippen molar-refractivity contribution in [2.75, 3.05) is 12.3 Å². The summed E-state index contributed by atoms with van der Waals surface area (Å²) in [5, 5.41) is 0.650. The predicted molar refractivity (Wildman–Crippen MR) is 162 cm³/mol. The highest BCUT2D eigenvalue weighted by atomic mass is 32.1. The number of thiazole rings is 1. The molecule has 0 saturated carbocycles. The minimum absolute atomic E-state index is 0.271. The SMILES string of the molecule is CCC=CCC=CCC=CCC=CCC=CCC=CCCC(=O)N(CCC)C1CCc2nc(N)sc2C1. The zero-order valence-electron chi connectivity index (χ0n) is 23.0. The van der Waals surface area contributed by atoms with E-state index in [9.17, 15) is 4.79 Å². The molecule has 5 heteroatoms. The molecular formula is C32H47N3OS. The van der Waals surface area contributed by atoms with E-state index in [2.05, 4.69) is 96.6 Å². The summed E-state index contributed by atoms with van der Waals surface area (Å²) < 4.78 is 0. The fourth-order valence-electron chi connectivity index (χ4n) is 4.39. The van der Waals surface area contributed by atoms with Crippen molar-refractivity contribution >= 4 is 22.4 Å². The number of hydrogen-bond acceptors (Lipinski definition) is 4. The van der Waals surface area contributed by atoms with Gasteiger partial charge in [-0.2, -0.15) is 0 Å². The Hall–Kier alpha value is -2.66. The van der Waals surface area contributed by atoms with Gasteiger partial charge in [-0.25, -0.2) is 4.98 Å². The minimum Gasteiger partial charge on any atom is -0.375 e. The van der Waals surface area contributed by atoms with Crippen LogP contribution in [0.1, 0.15) is 88.6 Å². The molecule has 202 valence electrons. The number of rotatable bonds is 17. The van der Waals surface area contributed by atoms with Crippen molar-refractivity contribution < 1.29 is 4.79 Å². The van der Waals surface area contributed by atoms with Crippen LogP contribution in [0, 0.1) is 0 Å². The van der Waals surface area contributed by atoms with Gasteiger partial charge < -0.3 is 10.6 Å². The maximum Gasteiger partial charge on any atom is 0.223 e. The summed E-state index contributed by atoms with van der Waals surface area (Å²) in [6, 6.07) is 0.282. The normalized spacial score (nSPS) is 16.4. The number of aryl methyl sites for hydroxylation is 1. The maximum absolute atomic E-state index is 13.0. The number of carbonyl (C=O) groups is 1. The van der Waals surface area contributed by atoms with E-state index in [1.807, 2.05) is 0 Å². The summed E-state index contributed by atoms with van der Waals surface area (Å²) in [6.45, 7) is 5.13. The molecule has 1 unspecified atom stereocenters. The molecule has 0 radical (unpaired) electrons. The van der Waals surface area contributed by atoms with E-state index in [0.29, 0.717) is 11.6 Å². The van der Waals surface area contributed by atoms with Crippen molar-refractivity contribution in [1.82, 2.24) is 9.88 Å². The Morgan fingerprint density at radius 2 is 1.43 bits per heavy atom. The van der Waals surface area contributed by atoms with Gasteiger partial charge in [-0.05, 0) is 64.2 Å². The van der Waals surface area contributed by atoms with Crippen molar-refractivity contribution in [3.05, 3.63) is 83.5 Å². The van der Waals surface area contributed by atoms with E-state index >= 15 is 0 Å². The third-order valence-corrected chi connectivity index (χ3v) is 7.23. The minimum atomic E-state index is 0.271. The number of fused-ring (bicyclic) bond motifs is 1. The molecule has 0 saturated heterocycles. The molecule has 37 heavy (non-hydrogen) atoms. The first-order chi connectivity index (χ1) is 18.2. The van der Waals surface area contributed by atoms with Crippen LogP contribution in [0.15, 0.2) is 72.9 Å². The summed E-state index contributed by atoms with van der Waals surface area (Å²) in [5.41, 5.74) is 7.03. The van der Waals surface area contributed by atoms with Crippen molar-refractivity contribution in [2.24, 2.45) is 0 Å². The monoisotopic (exact) mass is 521 g/mol. The first-order valence-corrected chi connectivity index (χ1v) is 14.9. The van der Waals surface area contributed by atoms with Crippen molar-refractivity contribution in [3.8, 4) is 0 Å². The lowest BCUT2D eigenvalue weighted by atomic mass is 9.95. The Morgan fingerprint density at radius 3 is 1.97 bits per heavy atom. The van der Waals surface area contributed by atoms with Gasteiger partial charge in [-0.1, -0.05) is 86.8 Å². The second-order valence-electron chi connectivity index (χ2n) is 9.36. The van der Waals surface area contributed by atoms with Crippen LogP contribution in [0.25, 0.3) is 0 Å². The molecular weight excluding hydrogens is 474 g/mol. The van der Waals surface area contributed by atoms with Crippen molar-refractivity contribution in [2.45, 2.75) is 96.9 Å². The number of hydrogen-bond donors (Lipinski definition) is 1. The summed E-state index contributed by atoms with van der Waals surface area (Å²) >= 11 is 1.58. The predicted octanol–water partition coefficient (Wildman–Crippen LogP) is 8.30. The lowest BCUT2D eigenvalue weighted by molar-refractivity contribution is -0.133. The van der Waals surface area contributed by atoms with E-state index < -0.39 is 0 Å². The first kappa shape index (κ1) is 30.6. The van der Waals surface area contributed by atoms with Gasteiger partial charge in [0.25, 0.3) is 0 Å². The van der Waals surface area contributed by atoms with Crippen molar-refractivity contribution in [1.29, 1.82) is 0 Å². The largest absolute Gasteiger partial charge is 0.375 e. The van der Waals surface area contributed by atoms with Crippen LogP contribution in [-0.4, -0.2) is 28.4 Å². The van der Waals surface area contributed by atoms with Gasteiger partial charge in [-0.15, -0.1) is 11.3 Å². The number of carbonyl (C=O) groups excluding carboxylic acids is 1. The van der Waals surface area contributed by atoms with Crippen LogP contribution in [0.5, 0.6) is 0 Å². The topological polar surface area (TPSA) is 59.2 Å². The fourth-order valence-corrected chi connectivity index (χ4v) is 5.33. The van der Waals surface area contributed by atoms with E-state index in [0.717, 1.165) is 82.9 Å². The van der Waals surface area contributed by atoms with Gasteiger partial charge in [-0.3, -0.25) is 4.79 Å². The van der Waals surface area contributed by atoms with Crippen LogP contribution < -0.4 is 5.73 Å². The van der Waals surface area contributed by atoms with Gasteiger partial charge in [0.2, 0.25) is 5.91 Å². The molecule has 1 aromatic heterocycles. The Labute approximate surface area is 229 Å². The lowest BCUT2D eigenvalue weighted by Crippen LogP contribution is -2.43. The van der Waals surface area contributed by atoms with Crippen LogP contribution in [0.4, 0.5) is 5.13 Å². The molecule has 1 amide bonds. The summed E-state index contributed by atoms with van der Waals surface area (Å²) in [6.07, 6.45) is 37.6. The van der Waals surface area contributed by atoms with Crippen LogP contribution in [0.3, 0.4) is 0 Å². The molecule has 0 aromatic carbocycles. The highest BCUT2D eigenvalue weighted by Crippen LogP contribution is 2.30. The summed E-state index contributed by atoms with van der Waals surface area (Å²) in [5.74, 6) is 0.271. The Balaban J connectivity index is 1.57. The van der Waals surface area contributed by atoms with E-state index in [1.54, 1.807) is 11.3 Å². The van der Waals surface area contributed by atoms with Crippen molar-refractivity contribution in [3.63, 3.8) is 0 Å². The standard InChI is InChI=1S/C32H47N3OS/c1-3-5-6-7-8-9-10-11-12-13-14-15-16-17-18-19-20-21-22-23-31(36)35(26-4-2)28-24-25-29-30(27-28)37-32(33)34-29/h5-6,8-9,11-12,14-15,17-18,20-21,28H,3-4,7,10,13,16,19,22-27H2,1-2H3,(H2,33,34). The number of nitrogens with zero attached hydrogens (tertiary/aromatic N) is 2. The Bertz CT molecular complexity index is 951. The second-order valence-corrected chi connectivity index (χ2v) is 10.5. The number of nitrogens with two attached hydrogens (primary N) is 1. The number of aromatic nitrogens is 1. The van der Waals surface area contributed by atoms with Crippen LogP contribution in [-0.2, 0) is 17.6 Å². The molecule has 0 aliphatic heterocycles. The van der Waals surface area contributed by atoms with Crippen LogP contribution in [0.2, 0.25) is 0 Å². The number of anilines is 1.